The van der Waals surface area contributed by atoms with Crippen LogP contribution in [-0.4, -0.2) is 22.6 Å². The first-order valence-electron chi connectivity index (χ1n) is 6.31. The second-order valence-corrected chi connectivity index (χ2v) is 4.35. The van der Waals surface area contributed by atoms with Crippen molar-refractivity contribution in [2.45, 2.75) is 32.4 Å². The summed E-state index contributed by atoms with van der Waals surface area (Å²) in [4.78, 5) is 4.65. The third kappa shape index (κ3) is 2.36. The average Bonchev–Trinajstić information content (AvgIpc) is 2.74. The molecule has 1 aromatic heterocycles. The molecule has 2 aromatic rings. The van der Waals surface area contributed by atoms with Gasteiger partial charge in [-0.1, -0.05) is 19.1 Å². The second-order valence-electron chi connectivity index (χ2n) is 4.35. The fourth-order valence-corrected chi connectivity index (χ4v) is 2.12. The Morgan fingerprint density at radius 3 is 2.89 bits per heavy atom. The van der Waals surface area contributed by atoms with E-state index in [1.165, 1.54) is 0 Å². The molecule has 0 spiro atoms. The van der Waals surface area contributed by atoms with Crippen LogP contribution >= 0.6 is 0 Å². The number of rotatable bonds is 5. The van der Waals surface area contributed by atoms with Crippen molar-refractivity contribution in [3.63, 3.8) is 0 Å². The van der Waals surface area contributed by atoms with Crippen molar-refractivity contribution in [3.8, 4) is 6.07 Å². The van der Waals surface area contributed by atoms with Crippen molar-refractivity contribution in [2.24, 2.45) is 0 Å². The molecule has 4 nitrogen and oxygen atoms in total. The molecule has 1 N–H and O–H groups in total. The smallest absolute Gasteiger partial charge is 0.113 e. The van der Waals surface area contributed by atoms with E-state index in [1.54, 1.807) is 0 Å². The van der Waals surface area contributed by atoms with E-state index in [4.69, 9.17) is 5.26 Å². The molecule has 4 heteroatoms. The molecule has 94 valence electrons. The quantitative estimate of drug-likeness (QED) is 0.873. The topological polar surface area (TPSA) is 53.6 Å². The minimum atomic E-state index is -0.182. The molecule has 0 aliphatic rings. The van der Waals surface area contributed by atoms with Crippen LogP contribution in [0.2, 0.25) is 0 Å². The predicted octanol–water partition coefficient (Wildman–Crippen LogP) is 2.10. The molecule has 0 aliphatic heterocycles. The maximum Gasteiger partial charge on any atom is 0.113 e. The zero-order valence-electron chi connectivity index (χ0n) is 10.8. The Hall–Kier alpha value is -1.86. The fourth-order valence-electron chi connectivity index (χ4n) is 2.12. The Labute approximate surface area is 107 Å². The molecule has 1 atom stereocenters. The molecule has 0 saturated carbocycles. The number of nitrogens with zero attached hydrogens (tertiary/aromatic N) is 3. The van der Waals surface area contributed by atoms with E-state index >= 15 is 0 Å². The van der Waals surface area contributed by atoms with Gasteiger partial charge >= 0.3 is 0 Å². The number of fused-ring (bicyclic) bond motifs is 1. The number of nitriles is 1. The van der Waals surface area contributed by atoms with Gasteiger partial charge in [-0.25, -0.2) is 4.98 Å². The van der Waals surface area contributed by atoms with Crippen LogP contribution in [0.5, 0.6) is 0 Å². The first-order chi connectivity index (χ1) is 8.80. The van der Waals surface area contributed by atoms with Gasteiger partial charge in [0, 0.05) is 6.42 Å². The van der Waals surface area contributed by atoms with Crippen LogP contribution in [-0.2, 0) is 13.0 Å². The number of benzene rings is 1. The van der Waals surface area contributed by atoms with E-state index in [1.807, 2.05) is 25.2 Å². The van der Waals surface area contributed by atoms with Crippen LogP contribution in [0, 0.1) is 11.3 Å². The molecule has 1 aromatic carbocycles. The lowest BCUT2D eigenvalue weighted by Gasteiger charge is -2.12. The van der Waals surface area contributed by atoms with Crippen LogP contribution < -0.4 is 5.32 Å². The number of likely N-dealkylation sites (N-methyl/N-ethyl adjacent to an activating group) is 1. The van der Waals surface area contributed by atoms with Gasteiger partial charge < -0.3 is 9.88 Å². The number of nitrogens with one attached hydrogen (secondary N) is 1. The van der Waals surface area contributed by atoms with Crippen molar-refractivity contribution in [1.82, 2.24) is 14.9 Å². The molecule has 0 radical (unpaired) electrons. The first-order valence-corrected chi connectivity index (χ1v) is 6.31. The molecule has 0 amide bonds. The maximum absolute atomic E-state index is 9.07. The summed E-state index contributed by atoms with van der Waals surface area (Å²) in [5, 5.41) is 12.1. The highest BCUT2D eigenvalue weighted by Crippen LogP contribution is 2.17. The summed E-state index contributed by atoms with van der Waals surface area (Å²) >= 11 is 0. The lowest BCUT2D eigenvalue weighted by atomic mass is 10.2. The van der Waals surface area contributed by atoms with Crippen molar-refractivity contribution < 1.29 is 0 Å². The molecular weight excluding hydrogens is 224 g/mol. The van der Waals surface area contributed by atoms with E-state index in [-0.39, 0.29) is 6.04 Å². The highest BCUT2D eigenvalue weighted by Gasteiger charge is 2.13. The molecular formula is C14H18N4. The van der Waals surface area contributed by atoms with E-state index in [9.17, 15) is 0 Å². The zero-order valence-corrected chi connectivity index (χ0v) is 10.8. The van der Waals surface area contributed by atoms with Crippen molar-refractivity contribution in [3.05, 3.63) is 30.1 Å². The van der Waals surface area contributed by atoms with Crippen LogP contribution in [0.25, 0.3) is 11.0 Å². The SMILES string of the molecule is CCCc1nc2ccccc2n1CC(C#N)NC. The zero-order chi connectivity index (χ0) is 13.0. The summed E-state index contributed by atoms with van der Waals surface area (Å²) < 4.78 is 2.16. The number of imidazole rings is 1. The normalized spacial score (nSPS) is 12.5. The van der Waals surface area contributed by atoms with Crippen molar-refractivity contribution in [2.75, 3.05) is 7.05 Å². The van der Waals surface area contributed by atoms with Gasteiger partial charge in [-0.15, -0.1) is 0 Å². The summed E-state index contributed by atoms with van der Waals surface area (Å²) in [6.45, 7) is 2.78. The highest BCUT2D eigenvalue weighted by atomic mass is 15.1. The van der Waals surface area contributed by atoms with Gasteiger partial charge in [0.1, 0.15) is 11.9 Å². The lowest BCUT2D eigenvalue weighted by molar-refractivity contribution is 0.554. The van der Waals surface area contributed by atoms with Gasteiger partial charge in [0.2, 0.25) is 0 Å². The Balaban J connectivity index is 2.45. The van der Waals surface area contributed by atoms with Gasteiger partial charge in [0.15, 0.2) is 0 Å². The van der Waals surface area contributed by atoms with E-state index in [2.05, 4.69) is 33.9 Å². The predicted molar refractivity (Wildman–Crippen MR) is 72.2 cm³/mol. The number of hydrogen-bond donors (Lipinski definition) is 1. The minimum Gasteiger partial charge on any atom is -0.325 e. The summed E-state index contributed by atoms with van der Waals surface area (Å²) in [5.41, 5.74) is 2.12. The minimum absolute atomic E-state index is 0.182. The Morgan fingerprint density at radius 1 is 1.44 bits per heavy atom. The lowest BCUT2D eigenvalue weighted by Crippen LogP contribution is -2.29. The largest absolute Gasteiger partial charge is 0.325 e. The molecule has 0 saturated heterocycles. The fraction of sp³-hybridized carbons (Fsp3) is 0.429. The third-order valence-corrected chi connectivity index (χ3v) is 3.08. The molecule has 1 unspecified atom stereocenters. The van der Waals surface area contributed by atoms with Crippen LogP contribution in [0.15, 0.2) is 24.3 Å². The monoisotopic (exact) mass is 242 g/mol. The standard InChI is InChI=1S/C14H18N4/c1-3-6-14-17-12-7-4-5-8-13(12)18(14)10-11(9-15)16-2/h4-5,7-8,11,16H,3,6,10H2,1-2H3. The maximum atomic E-state index is 9.07. The van der Waals surface area contributed by atoms with Gasteiger partial charge in [-0.05, 0) is 25.6 Å². The van der Waals surface area contributed by atoms with E-state index in [0.717, 1.165) is 29.7 Å². The third-order valence-electron chi connectivity index (χ3n) is 3.08. The molecule has 0 bridgehead atoms. The average molecular weight is 242 g/mol. The molecule has 18 heavy (non-hydrogen) atoms. The van der Waals surface area contributed by atoms with Gasteiger partial charge in [0.25, 0.3) is 0 Å². The molecule has 2 rings (SSSR count). The van der Waals surface area contributed by atoms with E-state index < -0.39 is 0 Å². The summed E-state index contributed by atoms with van der Waals surface area (Å²) in [7, 11) is 1.81. The Bertz CT molecular complexity index is 565. The first kappa shape index (κ1) is 12.6. The number of aromatic nitrogens is 2. The molecule has 1 heterocycles. The Morgan fingerprint density at radius 2 is 2.22 bits per heavy atom. The van der Waals surface area contributed by atoms with E-state index in [0.29, 0.717) is 6.54 Å². The number of aryl methyl sites for hydroxylation is 1. The second kappa shape index (κ2) is 5.65. The summed E-state index contributed by atoms with van der Waals surface area (Å²) in [5.74, 6) is 1.06. The summed E-state index contributed by atoms with van der Waals surface area (Å²) in [6.07, 6.45) is 2.00. The van der Waals surface area contributed by atoms with Gasteiger partial charge in [0.05, 0.1) is 23.6 Å². The van der Waals surface area contributed by atoms with Crippen LogP contribution in [0.1, 0.15) is 19.2 Å². The number of hydrogen-bond acceptors (Lipinski definition) is 3. The molecule has 0 aliphatic carbocycles. The molecule has 0 fully saturated rings. The van der Waals surface area contributed by atoms with Crippen molar-refractivity contribution >= 4 is 11.0 Å². The van der Waals surface area contributed by atoms with Gasteiger partial charge in [-0.3, -0.25) is 0 Å². The van der Waals surface area contributed by atoms with Crippen molar-refractivity contribution in [1.29, 1.82) is 5.26 Å². The highest BCUT2D eigenvalue weighted by molar-refractivity contribution is 5.75. The Kier molecular flexibility index (Phi) is 3.96. The van der Waals surface area contributed by atoms with Crippen LogP contribution in [0.3, 0.4) is 0 Å². The van der Waals surface area contributed by atoms with Gasteiger partial charge in [-0.2, -0.15) is 5.26 Å². The number of para-hydroxylation sites is 2. The summed E-state index contributed by atoms with van der Waals surface area (Å²) in [6, 6.07) is 10.2. The van der Waals surface area contributed by atoms with Crippen LogP contribution in [0.4, 0.5) is 0 Å².